The summed E-state index contributed by atoms with van der Waals surface area (Å²) in [6.45, 7) is 4.62. The van der Waals surface area contributed by atoms with Crippen molar-refractivity contribution in [2.75, 3.05) is 7.11 Å². The van der Waals surface area contributed by atoms with E-state index in [4.69, 9.17) is 9.47 Å². The molecule has 0 fully saturated rings. The van der Waals surface area contributed by atoms with Gasteiger partial charge in [-0.25, -0.2) is 0 Å². The highest BCUT2D eigenvalue weighted by atomic mass is 16.5. The van der Waals surface area contributed by atoms with Crippen molar-refractivity contribution in [3.63, 3.8) is 0 Å². The van der Waals surface area contributed by atoms with Crippen LogP contribution in [0.5, 0.6) is 5.75 Å². The largest absolute Gasteiger partial charge is 0.491 e. The minimum absolute atomic E-state index is 0.140. The third-order valence-corrected chi connectivity index (χ3v) is 4.44. The zero-order valence-electron chi connectivity index (χ0n) is 16.3. The highest BCUT2D eigenvalue weighted by molar-refractivity contribution is 5.68. The molecule has 0 N–H and O–H groups in total. The third kappa shape index (κ3) is 3.75. The summed E-state index contributed by atoms with van der Waals surface area (Å²) >= 11 is 0. The monoisotopic (exact) mass is 373 g/mol. The number of fused-ring (bicyclic) bond motifs is 1. The van der Waals surface area contributed by atoms with Crippen LogP contribution in [0.3, 0.4) is 0 Å². The first kappa shape index (κ1) is 18.2. The van der Waals surface area contributed by atoms with Crippen molar-refractivity contribution >= 4 is 5.65 Å². The van der Waals surface area contributed by atoms with Crippen molar-refractivity contribution in [3.05, 3.63) is 72.4 Å². The average Bonchev–Trinajstić information content (AvgIpc) is 3.11. The summed E-state index contributed by atoms with van der Waals surface area (Å²) in [6.07, 6.45) is 2.21. The number of hydrogen-bond donors (Lipinski definition) is 0. The number of benzene rings is 2. The molecule has 0 spiro atoms. The zero-order chi connectivity index (χ0) is 19.5. The Bertz CT molecular complexity index is 1100. The van der Waals surface area contributed by atoms with E-state index in [9.17, 15) is 0 Å². The number of rotatable bonds is 6. The van der Waals surface area contributed by atoms with E-state index in [1.807, 2.05) is 54.6 Å². The molecule has 5 heteroatoms. The molecule has 0 saturated carbocycles. The summed E-state index contributed by atoms with van der Waals surface area (Å²) < 4.78 is 13.1. The van der Waals surface area contributed by atoms with E-state index in [1.165, 1.54) is 0 Å². The predicted molar refractivity (Wildman–Crippen MR) is 110 cm³/mol. The van der Waals surface area contributed by atoms with Gasteiger partial charge < -0.3 is 9.47 Å². The molecule has 0 aliphatic rings. The molecule has 0 saturated heterocycles. The number of pyridine rings is 1. The molecule has 4 aromatic rings. The lowest BCUT2D eigenvalue weighted by molar-refractivity contribution is 0.185. The topological polar surface area (TPSA) is 48.7 Å². The molecule has 4 rings (SSSR count). The van der Waals surface area contributed by atoms with Gasteiger partial charge in [0.05, 0.1) is 12.7 Å². The van der Waals surface area contributed by atoms with Gasteiger partial charge in [-0.3, -0.25) is 4.40 Å². The summed E-state index contributed by atoms with van der Waals surface area (Å²) in [4.78, 5) is 0. The second-order valence-corrected chi connectivity index (χ2v) is 7.00. The standard InChI is InChI=1S/C23H23N3O2/c1-16(2)28-21-9-5-7-18(13-21)20-10-11-22-24-25-23(26(22)14-20)19-8-4-6-17(12-19)15-27-3/h4-14,16H,15H2,1-3H3. The lowest BCUT2D eigenvalue weighted by Gasteiger charge is -2.11. The Kier molecular flexibility index (Phi) is 5.08. The van der Waals surface area contributed by atoms with Crippen LogP contribution in [0.2, 0.25) is 0 Å². The molecule has 2 aromatic heterocycles. The van der Waals surface area contributed by atoms with E-state index in [0.29, 0.717) is 6.61 Å². The van der Waals surface area contributed by atoms with Gasteiger partial charge in [-0.2, -0.15) is 0 Å². The first-order valence-corrected chi connectivity index (χ1v) is 9.34. The van der Waals surface area contributed by atoms with Gasteiger partial charge in [-0.05, 0) is 60.9 Å². The Morgan fingerprint density at radius 1 is 0.893 bits per heavy atom. The van der Waals surface area contributed by atoms with Crippen molar-refractivity contribution in [3.8, 4) is 28.3 Å². The van der Waals surface area contributed by atoms with Crippen LogP contribution in [-0.2, 0) is 11.3 Å². The van der Waals surface area contributed by atoms with Gasteiger partial charge in [-0.15, -0.1) is 10.2 Å². The molecular weight excluding hydrogens is 350 g/mol. The van der Waals surface area contributed by atoms with E-state index in [0.717, 1.165) is 39.5 Å². The van der Waals surface area contributed by atoms with Crippen molar-refractivity contribution in [1.82, 2.24) is 14.6 Å². The summed E-state index contributed by atoms with van der Waals surface area (Å²) in [6, 6.07) is 20.4. The lowest BCUT2D eigenvalue weighted by atomic mass is 10.1. The molecule has 5 nitrogen and oxygen atoms in total. The van der Waals surface area contributed by atoms with Gasteiger partial charge in [0.15, 0.2) is 11.5 Å². The first-order valence-electron chi connectivity index (χ1n) is 9.34. The van der Waals surface area contributed by atoms with Gasteiger partial charge in [0.2, 0.25) is 0 Å². The van der Waals surface area contributed by atoms with E-state index in [-0.39, 0.29) is 6.10 Å². The third-order valence-electron chi connectivity index (χ3n) is 4.44. The van der Waals surface area contributed by atoms with Crippen LogP contribution in [0, 0.1) is 0 Å². The summed E-state index contributed by atoms with van der Waals surface area (Å²) in [5.74, 6) is 1.67. The Morgan fingerprint density at radius 2 is 1.71 bits per heavy atom. The highest BCUT2D eigenvalue weighted by Crippen LogP contribution is 2.27. The second kappa shape index (κ2) is 7.82. The van der Waals surface area contributed by atoms with E-state index in [1.54, 1.807) is 7.11 Å². The molecule has 0 bridgehead atoms. The SMILES string of the molecule is COCc1cccc(-c2nnc3ccc(-c4cccc(OC(C)C)c4)cn23)c1. The number of ether oxygens (including phenoxy) is 2. The second-order valence-electron chi connectivity index (χ2n) is 7.00. The maximum atomic E-state index is 5.83. The van der Waals surface area contributed by atoms with Gasteiger partial charge >= 0.3 is 0 Å². The van der Waals surface area contributed by atoms with E-state index < -0.39 is 0 Å². The quantitative estimate of drug-likeness (QED) is 0.477. The van der Waals surface area contributed by atoms with Crippen LogP contribution in [0.4, 0.5) is 0 Å². The molecule has 0 atom stereocenters. The van der Waals surface area contributed by atoms with Gasteiger partial charge in [0, 0.05) is 18.9 Å². The number of methoxy groups -OCH3 is 1. The molecule has 0 amide bonds. The van der Waals surface area contributed by atoms with Crippen LogP contribution >= 0.6 is 0 Å². The summed E-state index contributed by atoms with van der Waals surface area (Å²) in [5, 5.41) is 8.73. The lowest BCUT2D eigenvalue weighted by Crippen LogP contribution is -2.05. The Labute approximate surface area is 164 Å². The van der Waals surface area contributed by atoms with Crippen LogP contribution < -0.4 is 4.74 Å². The van der Waals surface area contributed by atoms with E-state index in [2.05, 4.69) is 40.7 Å². The van der Waals surface area contributed by atoms with Crippen molar-refractivity contribution < 1.29 is 9.47 Å². The minimum Gasteiger partial charge on any atom is -0.491 e. The molecule has 0 aliphatic heterocycles. The summed E-state index contributed by atoms with van der Waals surface area (Å²) in [5.41, 5.74) is 5.09. The fraction of sp³-hybridized carbons (Fsp3) is 0.217. The van der Waals surface area contributed by atoms with Gasteiger partial charge in [-0.1, -0.05) is 30.3 Å². The fourth-order valence-electron chi connectivity index (χ4n) is 3.25. The van der Waals surface area contributed by atoms with Gasteiger partial charge in [0.1, 0.15) is 5.75 Å². The van der Waals surface area contributed by atoms with Crippen molar-refractivity contribution in [2.24, 2.45) is 0 Å². The normalized spacial score (nSPS) is 11.3. The Hall–Kier alpha value is -3.18. The fourth-order valence-corrected chi connectivity index (χ4v) is 3.25. The molecule has 28 heavy (non-hydrogen) atoms. The first-order chi connectivity index (χ1) is 13.6. The number of nitrogens with zero attached hydrogens (tertiary/aromatic N) is 3. The van der Waals surface area contributed by atoms with Crippen LogP contribution in [0.25, 0.3) is 28.2 Å². The molecule has 142 valence electrons. The molecule has 0 unspecified atom stereocenters. The predicted octanol–water partition coefficient (Wildman–Crippen LogP) is 5.00. The van der Waals surface area contributed by atoms with Crippen molar-refractivity contribution in [2.45, 2.75) is 26.6 Å². The summed E-state index contributed by atoms with van der Waals surface area (Å²) in [7, 11) is 1.70. The maximum absolute atomic E-state index is 5.83. The molecule has 2 aromatic carbocycles. The van der Waals surface area contributed by atoms with Crippen molar-refractivity contribution in [1.29, 1.82) is 0 Å². The molecule has 2 heterocycles. The van der Waals surface area contributed by atoms with Crippen LogP contribution in [0.15, 0.2) is 66.9 Å². The zero-order valence-corrected chi connectivity index (χ0v) is 16.3. The Morgan fingerprint density at radius 3 is 2.54 bits per heavy atom. The maximum Gasteiger partial charge on any atom is 0.168 e. The number of aromatic nitrogens is 3. The van der Waals surface area contributed by atoms with E-state index >= 15 is 0 Å². The average molecular weight is 373 g/mol. The van der Waals surface area contributed by atoms with Crippen LogP contribution in [-0.4, -0.2) is 27.8 Å². The highest BCUT2D eigenvalue weighted by Gasteiger charge is 2.10. The molecule has 0 aliphatic carbocycles. The van der Waals surface area contributed by atoms with Gasteiger partial charge in [0.25, 0.3) is 0 Å². The smallest absolute Gasteiger partial charge is 0.168 e. The molecular formula is C23H23N3O2. The molecule has 0 radical (unpaired) electrons. The van der Waals surface area contributed by atoms with Crippen LogP contribution in [0.1, 0.15) is 19.4 Å². The minimum atomic E-state index is 0.140. The number of hydrogen-bond acceptors (Lipinski definition) is 4. The Balaban J connectivity index is 1.76.